The number of carbonyl (C=O) groups excluding carboxylic acids is 1. The summed E-state index contributed by atoms with van der Waals surface area (Å²) in [6.07, 6.45) is 1.30. The van der Waals surface area contributed by atoms with Crippen molar-refractivity contribution in [2.75, 3.05) is 19.7 Å². The zero-order valence-corrected chi connectivity index (χ0v) is 16.3. The van der Waals surface area contributed by atoms with Gasteiger partial charge < -0.3 is 20.5 Å². The van der Waals surface area contributed by atoms with Crippen LogP contribution in [0.1, 0.15) is 30.1 Å². The van der Waals surface area contributed by atoms with Gasteiger partial charge in [0.1, 0.15) is 22.9 Å². The number of nitrogens with two attached hydrogens (primary N) is 1. The fourth-order valence-corrected chi connectivity index (χ4v) is 3.71. The van der Waals surface area contributed by atoms with Gasteiger partial charge >= 0.3 is 0 Å². The summed E-state index contributed by atoms with van der Waals surface area (Å²) in [6.45, 7) is 2.65. The summed E-state index contributed by atoms with van der Waals surface area (Å²) in [6, 6.07) is 9.41. The number of carbonyl (C=O) groups is 1. The Kier molecular flexibility index (Phi) is 5.94. The van der Waals surface area contributed by atoms with Crippen LogP contribution >= 0.6 is 0 Å². The van der Waals surface area contributed by atoms with Crippen LogP contribution in [0.15, 0.2) is 47.5 Å². The van der Waals surface area contributed by atoms with Crippen LogP contribution < -0.4 is 15.8 Å². The largest absolute Gasteiger partial charge is 0.493 e. The van der Waals surface area contributed by atoms with Gasteiger partial charge in [0, 0.05) is 0 Å². The number of nitrogens with one attached hydrogen (secondary N) is 1. The molecule has 0 aromatic heterocycles. The Morgan fingerprint density at radius 1 is 1.13 bits per heavy atom. The number of piperidine rings is 1. The summed E-state index contributed by atoms with van der Waals surface area (Å²) in [7, 11) is 0. The van der Waals surface area contributed by atoms with E-state index in [0.717, 1.165) is 38.1 Å². The van der Waals surface area contributed by atoms with Crippen LogP contribution in [-0.4, -0.2) is 37.5 Å². The van der Waals surface area contributed by atoms with Gasteiger partial charge in [0.05, 0.1) is 6.61 Å². The first-order valence-corrected chi connectivity index (χ1v) is 9.94. The van der Waals surface area contributed by atoms with E-state index in [4.69, 9.17) is 15.2 Å². The monoisotopic (exact) mass is 415 g/mol. The topological polar surface area (TPSA) is 85.9 Å². The van der Waals surface area contributed by atoms with Crippen molar-refractivity contribution >= 4 is 11.8 Å². The lowest BCUT2D eigenvalue weighted by Crippen LogP contribution is -2.30. The molecular weight excluding hydrogens is 392 g/mol. The van der Waals surface area contributed by atoms with Gasteiger partial charge in [-0.05, 0) is 61.7 Å². The minimum Gasteiger partial charge on any atom is -0.493 e. The van der Waals surface area contributed by atoms with Gasteiger partial charge in [-0.15, -0.1) is 0 Å². The van der Waals surface area contributed by atoms with Crippen molar-refractivity contribution in [2.45, 2.75) is 25.0 Å². The van der Waals surface area contributed by atoms with Gasteiger partial charge in [0.2, 0.25) is 11.8 Å². The molecule has 0 aliphatic carbocycles. The molecule has 158 valence electrons. The molecule has 0 saturated carbocycles. The molecule has 3 N–H and O–H groups in total. The summed E-state index contributed by atoms with van der Waals surface area (Å²) in [5.41, 5.74) is 5.66. The molecule has 30 heavy (non-hydrogen) atoms. The molecule has 2 aromatic carbocycles. The van der Waals surface area contributed by atoms with E-state index in [2.05, 4.69) is 10.3 Å². The maximum absolute atomic E-state index is 14.1. The van der Waals surface area contributed by atoms with Crippen molar-refractivity contribution in [2.24, 2.45) is 16.6 Å². The molecular formula is C22H23F2N3O3. The van der Waals surface area contributed by atoms with Crippen molar-refractivity contribution in [1.29, 1.82) is 0 Å². The van der Waals surface area contributed by atoms with E-state index in [-0.39, 0.29) is 5.90 Å². The summed E-state index contributed by atoms with van der Waals surface area (Å²) in [5, 5.41) is 3.32. The second-order valence-electron chi connectivity index (χ2n) is 7.49. The number of nitrogens with zero attached hydrogens (tertiary/aromatic N) is 1. The lowest BCUT2D eigenvalue weighted by Gasteiger charge is -2.22. The summed E-state index contributed by atoms with van der Waals surface area (Å²) < 4.78 is 39.8. The van der Waals surface area contributed by atoms with E-state index < -0.39 is 35.3 Å². The number of benzene rings is 2. The van der Waals surface area contributed by atoms with Crippen LogP contribution in [-0.2, 0) is 9.53 Å². The number of aliphatic imine (C=N–C) groups is 1. The van der Waals surface area contributed by atoms with Crippen molar-refractivity contribution in [3.8, 4) is 5.75 Å². The van der Waals surface area contributed by atoms with Crippen LogP contribution in [0.25, 0.3) is 0 Å². The number of hydrogen-bond donors (Lipinski definition) is 2. The molecule has 0 bridgehead atoms. The maximum atomic E-state index is 14.1. The number of amides is 1. The Labute approximate surface area is 173 Å². The van der Waals surface area contributed by atoms with Crippen LogP contribution in [0.3, 0.4) is 0 Å². The molecule has 2 aliphatic rings. The average molecular weight is 415 g/mol. The van der Waals surface area contributed by atoms with Crippen molar-refractivity contribution in [3.63, 3.8) is 0 Å². The van der Waals surface area contributed by atoms with Gasteiger partial charge in [-0.25, -0.2) is 13.8 Å². The molecule has 1 saturated heterocycles. The zero-order chi connectivity index (χ0) is 21.1. The fraction of sp³-hybridized carbons (Fsp3) is 0.364. The molecule has 2 heterocycles. The van der Waals surface area contributed by atoms with E-state index in [1.54, 1.807) is 24.3 Å². The first-order valence-electron chi connectivity index (χ1n) is 9.94. The third-order valence-electron chi connectivity index (χ3n) is 5.40. The van der Waals surface area contributed by atoms with Crippen molar-refractivity contribution in [1.82, 2.24) is 5.32 Å². The van der Waals surface area contributed by atoms with Gasteiger partial charge in [0.15, 0.2) is 12.1 Å². The molecule has 2 aliphatic heterocycles. The number of rotatable bonds is 6. The second-order valence-corrected chi connectivity index (χ2v) is 7.49. The van der Waals surface area contributed by atoms with Gasteiger partial charge in [-0.2, -0.15) is 0 Å². The van der Waals surface area contributed by atoms with E-state index in [0.29, 0.717) is 23.8 Å². The van der Waals surface area contributed by atoms with Crippen LogP contribution in [0.5, 0.6) is 5.75 Å². The third kappa shape index (κ3) is 4.28. The Morgan fingerprint density at radius 3 is 2.43 bits per heavy atom. The Morgan fingerprint density at radius 2 is 1.80 bits per heavy atom. The van der Waals surface area contributed by atoms with Crippen LogP contribution in [0, 0.1) is 17.6 Å². The quantitative estimate of drug-likeness (QED) is 0.760. The molecule has 6 nitrogen and oxygen atoms in total. The van der Waals surface area contributed by atoms with Crippen LogP contribution in [0.2, 0.25) is 0 Å². The Hall–Kier alpha value is -3.00. The highest BCUT2D eigenvalue weighted by atomic mass is 19.1. The predicted molar refractivity (Wildman–Crippen MR) is 107 cm³/mol. The van der Waals surface area contributed by atoms with Crippen molar-refractivity contribution < 1.29 is 23.0 Å². The standard InChI is InChI=1S/C22H23F2N3O3/c23-16-2-1-3-17(24)18(16)22-27-19(21(25)28)20(30-22)14-4-6-15(7-5-14)29-12-13-8-10-26-11-9-13/h1-7,13,19-20,26H,8-12H2,(H2,25,28). The molecule has 1 amide bonds. The van der Waals surface area contributed by atoms with Gasteiger partial charge in [-0.3, -0.25) is 4.79 Å². The second kappa shape index (κ2) is 8.79. The predicted octanol–water partition coefficient (Wildman–Crippen LogP) is 2.72. The van der Waals surface area contributed by atoms with E-state index >= 15 is 0 Å². The third-order valence-corrected chi connectivity index (χ3v) is 5.40. The zero-order valence-electron chi connectivity index (χ0n) is 16.3. The van der Waals surface area contributed by atoms with Crippen LogP contribution in [0.4, 0.5) is 8.78 Å². The maximum Gasteiger partial charge on any atom is 0.246 e. The van der Waals surface area contributed by atoms with E-state index in [1.807, 2.05) is 0 Å². The number of ether oxygens (including phenoxy) is 2. The first-order chi connectivity index (χ1) is 14.5. The number of halogens is 2. The number of primary amides is 1. The molecule has 0 spiro atoms. The Bertz CT molecular complexity index is 923. The molecule has 2 unspecified atom stereocenters. The highest BCUT2D eigenvalue weighted by Crippen LogP contribution is 2.33. The van der Waals surface area contributed by atoms with E-state index in [9.17, 15) is 13.6 Å². The minimum absolute atomic E-state index is 0.273. The SMILES string of the molecule is NC(=O)C1N=C(c2c(F)cccc2F)OC1c1ccc(OCC2CCNCC2)cc1. The fourth-order valence-electron chi connectivity index (χ4n) is 3.71. The highest BCUT2D eigenvalue weighted by molar-refractivity contribution is 5.99. The molecule has 0 radical (unpaired) electrons. The molecule has 8 heteroatoms. The normalized spacial score (nSPS) is 21.7. The van der Waals surface area contributed by atoms with Gasteiger partial charge in [-0.1, -0.05) is 18.2 Å². The summed E-state index contributed by atoms with van der Waals surface area (Å²) in [5.74, 6) is -1.43. The Balaban J connectivity index is 1.48. The minimum atomic E-state index is -1.08. The van der Waals surface area contributed by atoms with Gasteiger partial charge in [0.25, 0.3) is 0 Å². The van der Waals surface area contributed by atoms with E-state index in [1.165, 1.54) is 6.07 Å². The smallest absolute Gasteiger partial charge is 0.246 e. The molecule has 4 rings (SSSR count). The molecule has 2 atom stereocenters. The summed E-state index contributed by atoms with van der Waals surface area (Å²) >= 11 is 0. The first kappa shape index (κ1) is 20.3. The number of hydrogen-bond acceptors (Lipinski definition) is 5. The van der Waals surface area contributed by atoms with Crippen molar-refractivity contribution in [3.05, 3.63) is 65.2 Å². The summed E-state index contributed by atoms with van der Waals surface area (Å²) in [4.78, 5) is 16.0. The average Bonchev–Trinajstić information content (AvgIpc) is 3.19. The lowest BCUT2D eigenvalue weighted by atomic mass is 9.99. The highest BCUT2D eigenvalue weighted by Gasteiger charge is 2.38. The lowest BCUT2D eigenvalue weighted by molar-refractivity contribution is -0.120. The molecule has 1 fully saturated rings. The molecule has 2 aromatic rings.